The van der Waals surface area contributed by atoms with E-state index in [9.17, 15) is 4.79 Å². The molecule has 160 valence electrons. The van der Waals surface area contributed by atoms with Crippen molar-refractivity contribution in [2.45, 2.75) is 118 Å². The Morgan fingerprint density at radius 1 is 0.786 bits per heavy atom. The van der Waals surface area contributed by atoms with Crippen molar-refractivity contribution >= 4 is 11.6 Å². The van der Waals surface area contributed by atoms with Crippen LogP contribution in [-0.2, 0) is 21.0 Å². The van der Waals surface area contributed by atoms with Crippen molar-refractivity contribution in [2.75, 3.05) is 11.4 Å². The van der Waals surface area contributed by atoms with Crippen molar-refractivity contribution in [3.63, 3.8) is 0 Å². The number of unbranched alkanes of at least 4 members (excludes halogenated alkanes) is 1. The summed E-state index contributed by atoms with van der Waals surface area (Å²) in [6.07, 6.45) is 3.60. The molecule has 0 saturated heterocycles. The van der Waals surface area contributed by atoms with Crippen LogP contribution in [0.5, 0.6) is 0 Å². The monoisotopic (exact) mass is 387 g/mol. The molecule has 0 aliphatic heterocycles. The number of carbonyl (C=O) groups is 1. The summed E-state index contributed by atoms with van der Waals surface area (Å²) in [6, 6.07) is 4.72. The molecular weight excluding hydrogens is 342 g/mol. The Balaban J connectivity index is 3.88. The zero-order valence-electron chi connectivity index (χ0n) is 20.5. The average molecular weight is 388 g/mol. The summed E-state index contributed by atoms with van der Waals surface area (Å²) in [5, 5.41) is 0. The average Bonchev–Trinajstić information content (AvgIpc) is 2.54. The summed E-state index contributed by atoms with van der Waals surface area (Å²) in [6.45, 7) is 25.5. The number of benzene rings is 1. The van der Waals surface area contributed by atoms with E-state index in [1.54, 1.807) is 0 Å². The minimum absolute atomic E-state index is 0.0341. The highest BCUT2D eigenvalue weighted by Gasteiger charge is 2.33. The summed E-state index contributed by atoms with van der Waals surface area (Å²) in [4.78, 5) is 15.4. The molecule has 0 N–H and O–H groups in total. The van der Waals surface area contributed by atoms with E-state index in [1.807, 2.05) is 0 Å². The molecule has 1 rings (SSSR count). The largest absolute Gasteiger partial charge is 0.312 e. The Labute approximate surface area is 175 Å². The number of rotatable bonds is 6. The van der Waals surface area contributed by atoms with Crippen molar-refractivity contribution in [3.8, 4) is 0 Å². The topological polar surface area (TPSA) is 20.3 Å². The van der Waals surface area contributed by atoms with Gasteiger partial charge in [-0.05, 0) is 45.8 Å². The number of carbonyl (C=O) groups excluding carboxylic acids is 1. The fourth-order valence-corrected chi connectivity index (χ4v) is 3.55. The number of anilines is 1. The van der Waals surface area contributed by atoms with Gasteiger partial charge in [-0.3, -0.25) is 4.79 Å². The molecule has 1 amide bonds. The van der Waals surface area contributed by atoms with Crippen molar-refractivity contribution in [2.24, 2.45) is 0 Å². The van der Waals surface area contributed by atoms with E-state index in [-0.39, 0.29) is 22.2 Å². The van der Waals surface area contributed by atoms with E-state index < -0.39 is 0 Å². The van der Waals surface area contributed by atoms with E-state index in [0.717, 1.165) is 31.5 Å². The first-order valence-corrected chi connectivity index (χ1v) is 11.1. The van der Waals surface area contributed by atoms with Crippen LogP contribution in [0, 0.1) is 0 Å². The van der Waals surface area contributed by atoms with Crippen molar-refractivity contribution in [1.82, 2.24) is 0 Å². The maximum Gasteiger partial charge on any atom is 0.226 e. The van der Waals surface area contributed by atoms with Crippen molar-refractivity contribution < 1.29 is 4.79 Å². The molecule has 1 aromatic carbocycles. The first-order chi connectivity index (χ1) is 12.6. The SMILES string of the molecule is CCCCC(=O)N(CCC)c1c(C(C)(C)C)cc(C(C)(C)C)cc1C(C)(C)C. The molecule has 0 heterocycles. The van der Waals surface area contributed by atoms with Gasteiger partial charge in [0.05, 0.1) is 5.69 Å². The number of nitrogens with zero attached hydrogens (tertiary/aromatic N) is 1. The second kappa shape index (κ2) is 9.01. The van der Waals surface area contributed by atoms with Gasteiger partial charge in [-0.2, -0.15) is 0 Å². The first kappa shape index (κ1) is 24.7. The second-order valence-corrected chi connectivity index (χ2v) is 11.3. The molecular formula is C26H45NO. The Morgan fingerprint density at radius 2 is 1.25 bits per heavy atom. The maximum atomic E-state index is 13.3. The van der Waals surface area contributed by atoms with Crippen molar-refractivity contribution in [3.05, 3.63) is 28.8 Å². The third-order valence-corrected chi connectivity index (χ3v) is 5.35. The third kappa shape index (κ3) is 6.09. The van der Waals surface area contributed by atoms with Gasteiger partial charge in [0.25, 0.3) is 0 Å². The molecule has 2 heteroatoms. The van der Waals surface area contributed by atoms with Gasteiger partial charge in [-0.25, -0.2) is 0 Å². The minimum atomic E-state index is -0.0341. The van der Waals surface area contributed by atoms with Crippen LogP contribution in [0.2, 0.25) is 0 Å². The molecule has 0 fully saturated rings. The van der Waals surface area contributed by atoms with Gasteiger partial charge < -0.3 is 4.90 Å². The number of hydrogen-bond donors (Lipinski definition) is 0. The molecule has 0 unspecified atom stereocenters. The Hall–Kier alpha value is -1.31. The molecule has 1 aromatic rings. The third-order valence-electron chi connectivity index (χ3n) is 5.35. The predicted octanol–water partition coefficient (Wildman–Crippen LogP) is 7.51. The summed E-state index contributed by atoms with van der Waals surface area (Å²) in [5.74, 6) is 0.267. The zero-order chi connectivity index (χ0) is 21.9. The highest BCUT2D eigenvalue weighted by atomic mass is 16.2. The number of amides is 1. The Kier molecular flexibility index (Phi) is 7.96. The lowest BCUT2D eigenvalue weighted by Gasteiger charge is -2.38. The molecule has 0 spiro atoms. The first-order valence-electron chi connectivity index (χ1n) is 11.1. The maximum absolute atomic E-state index is 13.3. The van der Waals surface area contributed by atoms with Gasteiger partial charge in [0.15, 0.2) is 0 Å². The van der Waals surface area contributed by atoms with E-state index in [4.69, 9.17) is 0 Å². The van der Waals surface area contributed by atoms with Gasteiger partial charge in [-0.1, -0.05) is 94.7 Å². The van der Waals surface area contributed by atoms with E-state index >= 15 is 0 Å². The van der Waals surface area contributed by atoms with Gasteiger partial charge in [0, 0.05) is 13.0 Å². The molecule has 28 heavy (non-hydrogen) atoms. The van der Waals surface area contributed by atoms with Crippen LogP contribution in [-0.4, -0.2) is 12.5 Å². The van der Waals surface area contributed by atoms with Crippen LogP contribution < -0.4 is 4.90 Å². The lowest BCUT2D eigenvalue weighted by atomic mass is 9.73. The molecule has 0 aromatic heterocycles. The summed E-state index contributed by atoms with van der Waals surface area (Å²) < 4.78 is 0. The fourth-order valence-electron chi connectivity index (χ4n) is 3.55. The molecule has 0 radical (unpaired) electrons. The van der Waals surface area contributed by atoms with Crippen LogP contribution in [0.4, 0.5) is 5.69 Å². The van der Waals surface area contributed by atoms with Crippen LogP contribution in [0.3, 0.4) is 0 Å². The predicted molar refractivity (Wildman–Crippen MR) is 125 cm³/mol. The molecule has 0 saturated carbocycles. The smallest absolute Gasteiger partial charge is 0.226 e. The van der Waals surface area contributed by atoms with Gasteiger partial charge in [0.2, 0.25) is 5.91 Å². The zero-order valence-corrected chi connectivity index (χ0v) is 20.5. The minimum Gasteiger partial charge on any atom is -0.312 e. The summed E-state index contributed by atoms with van der Waals surface area (Å²) in [7, 11) is 0. The van der Waals surface area contributed by atoms with Gasteiger partial charge in [0.1, 0.15) is 0 Å². The van der Waals surface area contributed by atoms with E-state index in [0.29, 0.717) is 6.42 Å². The van der Waals surface area contributed by atoms with Crippen LogP contribution in [0.25, 0.3) is 0 Å². The normalized spacial score (nSPS) is 13.0. The Morgan fingerprint density at radius 3 is 1.57 bits per heavy atom. The van der Waals surface area contributed by atoms with Gasteiger partial charge >= 0.3 is 0 Å². The van der Waals surface area contributed by atoms with Gasteiger partial charge in [-0.15, -0.1) is 0 Å². The molecule has 2 nitrogen and oxygen atoms in total. The standard InChI is InChI=1S/C26H45NO/c1-12-14-15-22(28)27(16-13-2)23-20(25(6,7)8)17-19(24(3,4)5)18-21(23)26(9,10)11/h17-18H,12-16H2,1-11H3. The van der Waals surface area contributed by atoms with Crippen LogP contribution in [0.15, 0.2) is 12.1 Å². The van der Waals surface area contributed by atoms with E-state index in [2.05, 4.69) is 93.2 Å². The second-order valence-electron chi connectivity index (χ2n) is 11.3. The quantitative estimate of drug-likeness (QED) is 0.494. The highest BCUT2D eigenvalue weighted by molar-refractivity contribution is 5.95. The van der Waals surface area contributed by atoms with E-state index in [1.165, 1.54) is 16.7 Å². The lowest BCUT2D eigenvalue weighted by molar-refractivity contribution is -0.118. The highest BCUT2D eigenvalue weighted by Crippen LogP contribution is 2.43. The summed E-state index contributed by atoms with van der Waals surface area (Å²) >= 11 is 0. The number of hydrogen-bond acceptors (Lipinski definition) is 1. The summed E-state index contributed by atoms with van der Waals surface area (Å²) in [5.41, 5.74) is 5.10. The molecule has 0 bridgehead atoms. The molecule has 0 atom stereocenters. The van der Waals surface area contributed by atoms with Crippen molar-refractivity contribution in [1.29, 1.82) is 0 Å². The van der Waals surface area contributed by atoms with Crippen LogP contribution in [0.1, 0.15) is 119 Å². The fraction of sp³-hybridized carbons (Fsp3) is 0.731. The molecule has 0 aliphatic rings. The lowest BCUT2D eigenvalue weighted by Crippen LogP contribution is -2.36. The Bertz CT molecular complexity index is 630. The van der Waals surface area contributed by atoms with Crippen LogP contribution >= 0.6 is 0 Å². The molecule has 0 aliphatic carbocycles.